The Morgan fingerprint density at radius 2 is 1.86 bits per heavy atom. The fourth-order valence-corrected chi connectivity index (χ4v) is 2.88. The Bertz CT molecular complexity index is 1010. The lowest BCUT2D eigenvalue weighted by Gasteiger charge is -2.09. The van der Waals surface area contributed by atoms with Crippen LogP contribution in [0.2, 0.25) is 0 Å². The van der Waals surface area contributed by atoms with E-state index in [0.29, 0.717) is 35.7 Å². The van der Waals surface area contributed by atoms with E-state index in [1.165, 1.54) is 6.07 Å². The molecule has 0 unspecified atom stereocenters. The molecule has 4 rings (SSSR count). The van der Waals surface area contributed by atoms with E-state index < -0.39 is 0 Å². The summed E-state index contributed by atoms with van der Waals surface area (Å²) in [6, 6.07) is 15.5. The fraction of sp³-hybridized carbons (Fsp3) is 0.143. The molecule has 28 heavy (non-hydrogen) atoms. The highest BCUT2D eigenvalue weighted by Gasteiger charge is 2.14. The number of nitrogens with one attached hydrogen (secondary N) is 2. The van der Waals surface area contributed by atoms with Crippen molar-refractivity contribution < 1.29 is 18.7 Å². The average molecular weight is 379 g/mol. The lowest BCUT2D eigenvalue weighted by Crippen LogP contribution is -2.26. The molecule has 0 atom stereocenters. The second-order valence-corrected chi connectivity index (χ2v) is 6.22. The van der Waals surface area contributed by atoms with Gasteiger partial charge in [-0.05, 0) is 42.3 Å². The van der Waals surface area contributed by atoms with Crippen LogP contribution in [0.25, 0.3) is 0 Å². The van der Waals surface area contributed by atoms with E-state index in [0.717, 1.165) is 5.69 Å². The number of pyridine rings is 1. The summed E-state index contributed by atoms with van der Waals surface area (Å²) >= 11 is 0. The molecule has 1 aliphatic rings. The van der Waals surface area contributed by atoms with Gasteiger partial charge < -0.3 is 20.1 Å². The van der Waals surface area contributed by atoms with Gasteiger partial charge in [-0.1, -0.05) is 18.2 Å². The minimum absolute atomic E-state index is 0.214. The molecule has 0 saturated heterocycles. The molecule has 2 aromatic carbocycles. The predicted octanol–water partition coefficient (Wildman–Crippen LogP) is 3.67. The number of carbonyl (C=O) groups excluding carboxylic acids is 1. The third kappa shape index (κ3) is 4.03. The van der Waals surface area contributed by atoms with Gasteiger partial charge in [-0.15, -0.1) is 0 Å². The van der Waals surface area contributed by atoms with Crippen LogP contribution in [0.1, 0.15) is 16.1 Å². The van der Waals surface area contributed by atoms with Crippen molar-refractivity contribution in [3.05, 3.63) is 77.9 Å². The number of amides is 1. The van der Waals surface area contributed by atoms with Crippen LogP contribution in [0.3, 0.4) is 0 Å². The zero-order chi connectivity index (χ0) is 19.3. The molecule has 0 bridgehead atoms. The molecule has 0 spiro atoms. The number of carbonyl (C=O) groups is 1. The van der Waals surface area contributed by atoms with Gasteiger partial charge in [0.25, 0.3) is 5.91 Å². The topological polar surface area (TPSA) is 72.5 Å². The van der Waals surface area contributed by atoms with Crippen LogP contribution in [0, 0.1) is 5.82 Å². The summed E-state index contributed by atoms with van der Waals surface area (Å²) in [6.45, 7) is 0.534. The summed E-state index contributed by atoms with van der Waals surface area (Å²) in [7, 11) is 0. The van der Waals surface area contributed by atoms with Crippen molar-refractivity contribution in [1.82, 2.24) is 10.3 Å². The van der Waals surface area contributed by atoms with Gasteiger partial charge in [-0.2, -0.15) is 0 Å². The van der Waals surface area contributed by atoms with E-state index in [4.69, 9.17) is 9.47 Å². The van der Waals surface area contributed by atoms with Crippen molar-refractivity contribution >= 4 is 17.3 Å². The molecule has 2 N–H and O–H groups in total. The van der Waals surface area contributed by atoms with Gasteiger partial charge in [0, 0.05) is 30.2 Å². The van der Waals surface area contributed by atoms with Crippen molar-refractivity contribution in [2.24, 2.45) is 0 Å². The number of halogens is 1. The molecule has 0 aliphatic carbocycles. The monoisotopic (exact) mass is 379 g/mol. The Kier molecular flexibility index (Phi) is 5.05. The van der Waals surface area contributed by atoms with Gasteiger partial charge in [0.2, 0.25) is 6.79 Å². The lowest BCUT2D eigenvalue weighted by molar-refractivity contribution is 0.0949. The highest BCUT2D eigenvalue weighted by molar-refractivity contribution is 5.93. The molecule has 1 amide bonds. The minimum atomic E-state index is -0.314. The molecule has 0 radical (unpaired) electrons. The second kappa shape index (κ2) is 7.96. The number of hydrogen-bond donors (Lipinski definition) is 2. The molecule has 7 heteroatoms. The molecular weight excluding hydrogens is 361 g/mol. The summed E-state index contributed by atoms with van der Waals surface area (Å²) in [4.78, 5) is 16.5. The van der Waals surface area contributed by atoms with Crippen molar-refractivity contribution in [3.8, 4) is 11.5 Å². The van der Waals surface area contributed by atoms with Crippen molar-refractivity contribution in [1.29, 1.82) is 0 Å². The second-order valence-electron chi connectivity index (χ2n) is 6.22. The van der Waals surface area contributed by atoms with Gasteiger partial charge in [-0.25, -0.2) is 4.39 Å². The zero-order valence-corrected chi connectivity index (χ0v) is 14.9. The molecule has 2 heterocycles. The van der Waals surface area contributed by atoms with Gasteiger partial charge in [0.05, 0.1) is 0 Å². The normalized spacial score (nSPS) is 11.9. The maximum atomic E-state index is 13.6. The van der Waals surface area contributed by atoms with Gasteiger partial charge >= 0.3 is 0 Å². The smallest absolute Gasteiger partial charge is 0.269 e. The number of rotatable bonds is 6. The van der Waals surface area contributed by atoms with Gasteiger partial charge in [0.1, 0.15) is 11.5 Å². The largest absolute Gasteiger partial charge is 0.454 e. The molecule has 3 aromatic rings. The molecule has 0 saturated carbocycles. The van der Waals surface area contributed by atoms with Crippen LogP contribution < -0.4 is 20.1 Å². The van der Waals surface area contributed by atoms with Crippen molar-refractivity contribution in [3.63, 3.8) is 0 Å². The third-order valence-electron chi connectivity index (χ3n) is 4.29. The first-order chi connectivity index (χ1) is 13.7. The quantitative estimate of drug-likeness (QED) is 0.684. The third-order valence-corrected chi connectivity index (χ3v) is 4.29. The summed E-state index contributed by atoms with van der Waals surface area (Å²) in [6.07, 6.45) is 1.97. The molecule has 6 nitrogen and oxygen atoms in total. The lowest BCUT2D eigenvalue weighted by atomic mass is 10.1. The Morgan fingerprint density at radius 3 is 2.75 bits per heavy atom. The van der Waals surface area contributed by atoms with E-state index in [2.05, 4.69) is 15.6 Å². The molecule has 1 aliphatic heterocycles. The van der Waals surface area contributed by atoms with E-state index in [1.54, 1.807) is 36.5 Å². The predicted molar refractivity (Wildman–Crippen MR) is 103 cm³/mol. The van der Waals surface area contributed by atoms with Crippen LogP contribution in [0.15, 0.2) is 60.8 Å². The summed E-state index contributed by atoms with van der Waals surface area (Å²) in [5.41, 5.74) is 2.36. The number of aromatic nitrogens is 1. The Morgan fingerprint density at radius 1 is 1.04 bits per heavy atom. The first-order valence-corrected chi connectivity index (χ1v) is 8.83. The maximum Gasteiger partial charge on any atom is 0.269 e. The van der Waals surface area contributed by atoms with Crippen molar-refractivity contribution in [2.45, 2.75) is 6.42 Å². The van der Waals surface area contributed by atoms with Crippen LogP contribution in [-0.2, 0) is 6.42 Å². The first kappa shape index (κ1) is 17.8. The number of nitrogens with zero attached hydrogens (tertiary/aromatic N) is 1. The number of anilines is 2. The van der Waals surface area contributed by atoms with Crippen LogP contribution in [0.5, 0.6) is 11.5 Å². The van der Waals surface area contributed by atoms with Crippen LogP contribution >= 0.6 is 0 Å². The fourth-order valence-electron chi connectivity index (χ4n) is 2.88. The van der Waals surface area contributed by atoms with E-state index >= 15 is 0 Å². The van der Waals surface area contributed by atoms with Crippen LogP contribution in [-0.4, -0.2) is 24.2 Å². The Balaban J connectivity index is 1.37. The molecule has 142 valence electrons. The number of fused-ring (bicyclic) bond motifs is 1. The standard InChI is InChI=1S/C21H18FN3O3/c22-17-4-2-1-3-14(17)7-9-24-21(26)18-11-16(8-10-23-18)25-15-5-6-19-20(12-15)28-13-27-19/h1-6,8,10-12H,7,9,13H2,(H,23,25)(H,24,26). The minimum Gasteiger partial charge on any atom is -0.454 e. The Labute approximate surface area is 161 Å². The molecular formula is C21H18FN3O3. The van der Waals surface area contributed by atoms with Crippen LogP contribution in [0.4, 0.5) is 15.8 Å². The molecule has 0 fully saturated rings. The summed E-state index contributed by atoms with van der Waals surface area (Å²) in [5, 5.41) is 5.98. The maximum absolute atomic E-state index is 13.6. The average Bonchev–Trinajstić information content (AvgIpc) is 3.17. The highest BCUT2D eigenvalue weighted by Crippen LogP contribution is 2.35. The SMILES string of the molecule is O=C(NCCc1ccccc1F)c1cc(Nc2ccc3c(c2)OCO3)ccn1. The number of hydrogen-bond acceptors (Lipinski definition) is 5. The zero-order valence-electron chi connectivity index (χ0n) is 14.9. The summed E-state index contributed by atoms with van der Waals surface area (Å²) in [5.74, 6) is 0.788. The summed E-state index contributed by atoms with van der Waals surface area (Å²) < 4.78 is 24.3. The van der Waals surface area contributed by atoms with Crippen molar-refractivity contribution in [2.75, 3.05) is 18.7 Å². The van der Waals surface area contributed by atoms with Gasteiger partial charge in [-0.3, -0.25) is 9.78 Å². The number of ether oxygens (including phenoxy) is 2. The van der Waals surface area contributed by atoms with E-state index in [9.17, 15) is 9.18 Å². The first-order valence-electron chi connectivity index (χ1n) is 8.83. The van der Waals surface area contributed by atoms with E-state index in [-0.39, 0.29) is 24.2 Å². The van der Waals surface area contributed by atoms with Gasteiger partial charge in [0.15, 0.2) is 11.5 Å². The highest BCUT2D eigenvalue weighted by atomic mass is 19.1. The molecule has 1 aromatic heterocycles. The Hall–Kier alpha value is -3.61. The van der Waals surface area contributed by atoms with E-state index in [1.807, 2.05) is 18.2 Å². The number of benzene rings is 2.